The van der Waals surface area contributed by atoms with E-state index in [4.69, 9.17) is 9.47 Å². The van der Waals surface area contributed by atoms with Crippen LogP contribution in [0.15, 0.2) is 53.4 Å². The van der Waals surface area contributed by atoms with Gasteiger partial charge in [-0.25, -0.2) is 13.1 Å². The molecular formula is C19H23NO5S. The van der Waals surface area contributed by atoms with Crippen LogP contribution in [-0.2, 0) is 19.6 Å². The van der Waals surface area contributed by atoms with E-state index >= 15 is 0 Å². The number of sulfonamides is 1. The highest BCUT2D eigenvalue weighted by Crippen LogP contribution is 2.27. The molecule has 1 N–H and O–H groups in total. The number of carbonyl (C=O) groups is 1. The second-order valence-corrected chi connectivity index (χ2v) is 7.71. The molecular weight excluding hydrogens is 354 g/mol. The number of esters is 1. The molecule has 0 aliphatic rings. The Balaban J connectivity index is 2.39. The number of hydrogen-bond donors (Lipinski definition) is 1. The topological polar surface area (TPSA) is 81.7 Å². The van der Waals surface area contributed by atoms with Crippen molar-refractivity contribution in [3.63, 3.8) is 0 Å². The first-order valence-electron chi connectivity index (χ1n) is 8.09. The van der Waals surface area contributed by atoms with Crippen molar-refractivity contribution in [2.24, 2.45) is 5.92 Å². The van der Waals surface area contributed by atoms with Gasteiger partial charge in [0.15, 0.2) is 0 Å². The summed E-state index contributed by atoms with van der Waals surface area (Å²) < 4.78 is 38.1. The lowest BCUT2D eigenvalue weighted by atomic mass is 9.95. The highest BCUT2D eigenvalue weighted by Gasteiger charge is 2.31. The Morgan fingerprint density at radius 1 is 1.00 bits per heavy atom. The first-order valence-corrected chi connectivity index (χ1v) is 9.57. The van der Waals surface area contributed by atoms with Crippen LogP contribution >= 0.6 is 0 Å². The Morgan fingerprint density at radius 3 is 2.08 bits per heavy atom. The maximum absolute atomic E-state index is 12.8. The summed E-state index contributed by atoms with van der Waals surface area (Å²) in [6, 6.07) is 12.6. The minimum absolute atomic E-state index is 0.138. The van der Waals surface area contributed by atoms with Gasteiger partial charge in [0.05, 0.1) is 31.1 Å². The molecule has 0 heterocycles. The smallest absolute Gasteiger partial charge is 0.310 e. The third kappa shape index (κ3) is 4.62. The van der Waals surface area contributed by atoms with Crippen LogP contribution in [0.1, 0.15) is 24.1 Å². The van der Waals surface area contributed by atoms with Crippen molar-refractivity contribution in [1.29, 1.82) is 0 Å². The second kappa shape index (κ2) is 8.33. The summed E-state index contributed by atoms with van der Waals surface area (Å²) in [5.41, 5.74) is 1.60. The van der Waals surface area contributed by atoms with Crippen LogP contribution in [0, 0.1) is 12.8 Å². The zero-order valence-corrected chi connectivity index (χ0v) is 16.0. The number of nitrogens with one attached hydrogen (secondary N) is 1. The Hall–Kier alpha value is -2.38. The molecule has 2 aromatic carbocycles. The van der Waals surface area contributed by atoms with Gasteiger partial charge in [-0.2, -0.15) is 0 Å². The number of benzene rings is 2. The fraction of sp³-hybridized carbons (Fsp3) is 0.316. The maximum Gasteiger partial charge on any atom is 0.310 e. The zero-order chi connectivity index (χ0) is 19.3. The predicted octanol–water partition coefficient (Wildman–Crippen LogP) is 2.83. The second-order valence-electron chi connectivity index (χ2n) is 6.00. The number of carbonyl (C=O) groups excluding carboxylic acids is 1. The summed E-state index contributed by atoms with van der Waals surface area (Å²) >= 11 is 0. The van der Waals surface area contributed by atoms with Crippen molar-refractivity contribution in [1.82, 2.24) is 4.72 Å². The summed E-state index contributed by atoms with van der Waals surface area (Å²) in [6.45, 7) is 3.50. The molecule has 0 fully saturated rings. The molecule has 0 aliphatic heterocycles. The lowest BCUT2D eigenvalue weighted by Crippen LogP contribution is -2.36. The number of hydrogen-bond acceptors (Lipinski definition) is 5. The summed E-state index contributed by atoms with van der Waals surface area (Å²) in [6.07, 6.45) is 0. The summed E-state index contributed by atoms with van der Waals surface area (Å²) in [5, 5.41) is 0. The van der Waals surface area contributed by atoms with Crippen molar-refractivity contribution in [2.45, 2.75) is 24.8 Å². The molecule has 0 unspecified atom stereocenters. The molecule has 0 radical (unpaired) electrons. The highest BCUT2D eigenvalue weighted by molar-refractivity contribution is 7.89. The number of rotatable bonds is 7. The molecule has 7 heteroatoms. The quantitative estimate of drug-likeness (QED) is 0.751. The van der Waals surface area contributed by atoms with Crippen molar-refractivity contribution < 1.29 is 22.7 Å². The standard InChI is InChI=1S/C19H23NO5S/c1-13-5-11-17(12-6-13)26(22,23)20-18(14(2)19(21)25-4)15-7-9-16(24-3)10-8-15/h5-12,14,18,20H,1-4H3/t14-,18+/m1/s1. The first kappa shape index (κ1) is 19.9. The van der Waals surface area contributed by atoms with E-state index in [1.165, 1.54) is 19.2 Å². The van der Waals surface area contributed by atoms with Crippen molar-refractivity contribution in [2.75, 3.05) is 14.2 Å². The van der Waals surface area contributed by atoms with Crippen molar-refractivity contribution in [3.8, 4) is 5.75 Å². The van der Waals surface area contributed by atoms with Crippen LogP contribution in [0.5, 0.6) is 5.75 Å². The number of methoxy groups -OCH3 is 2. The van der Waals surface area contributed by atoms with Crippen LogP contribution in [-0.4, -0.2) is 28.6 Å². The molecule has 0 aliphatic carbocycles. The molecule has 6 nitrogen and oxygen atoms in total. The predicted molar refractivity (Wildman–Crippen MR) is 98.4 cm³/mol. The Morgan fingerprint density at radius 2 is 1.58 bits per heavy atom. The van der Waals surface area contributed by atoms with E-state index < -0.39 is 28.0 Å². The van der Waals surface area contributed by atoms with Gasteiger partial charge in [-0.15, -0.1) is 0 Å². The average Bonchev–Trinajstić information content (AvgIpc) is 2.65. The molecule has 2 aromatic rings. The van der Waals surface area contributed by atoms with Crippen LogP contribution in [0.4, 0.5) is 0 Å². The van der Waals surface area contributed by atoms with Gasteiger partial charge in [-0.1, -0.05) is 36.8 Å². The number of aryl methyl sites for hydroxylation is 1. The van der Waals surface area contributed by atoms with Crippen molar-refractivity contribution >= 4 is 16.0 Å². The Labute approximate surface area is 154 Å². The normalized spacial score (nSPS) is 13.7. The third-order valence-corrected chi connectivity index (χ3v) is 5.62. The largest absolute Gasteiger partial charge is 0.497 e. The molecule has 0 spiro atoms. The van der Waals surface area contributed by atoms with E-state index in [0.29, 0.717) is 11.3 Å². The first-order chi connectivity index (χ1) is 12.3. The van der Waals surface area contributed by atoms with E-state index in [-0.39, 0.29) is 4.90 Å². The minimum atomic E-state index is -3.82. The van der Waals surface area contributed by atoms with Gasteiger partial charge in [0.1, 0.15) is 5.75 Å². The van der Waals surface area contributed by atoms with Gasteiger partial charge in [-0.05, 0) is 36.8 Å². The summed E-state index contributed by atoms with van der Waals surface area (Å²) in [7, 11) is -0.994. The summed E-state index contributed by atoms with van der Waals surface area (Å²) in [5.74, 6) is -0.578. The van der Waals surface area contributed by atoms with E-state index in [0.717, 1.165) is 5.56 Å². The lowest BCUT2D eigenvalue weighted by Gasteiger charge is -2.24. The molecule has 2 rings (SSSR count). The molecule has 0 amide bonds. The Kier molecular flexibility index (Phi) is 6.39. The molecule has 0 saturated heterocycles. The van der Waals surface area contributed by atoms with E-state index in [1.807, 2.05) is 6.92 Å². The Bertz CT molecular complexity index is 845. The van der Waals surface area contributed by atoms with Crippen molar-refractivity contribution in [3.05, 3.63) is 59.7 Å². The SMILES string of the molecule is COC(=O)[C@H](C)[C@H](NS(=O)(=O)c1ccc(C)cc1)c1ccc(OC)cc1. The van der Waals surface area contributed by atoms with Gasteiger partial charge in [0, 0.05) is 0 Å². The van der Waals surface area contributed by atoms with Crippen LogP contribution in [0.25, 0.3) is 0 Å². The molecule has 0 saturated carbocycles. The van der Waals surface area contributed by atoms with Gasteiger partial charge in [0.2, 0.25) is 10.0 Å². The van der Waals surface area contributed by atoms with Gasteiger partial charge >= 0.3 is 5.97 Å². The van der Waals surface area contributed by atoms with E-state index in [9.17, 15) is 13.2 Å². The fourth-order valence-electron chi connectivity index (χ4n) is 2.54. The maximum atomic E-state index is 12.8. The van der Waals surface area contributed by atoms with Gasteiger partial charge in [0.25, 0.3) is 0 Å². The van der Waals surface area contributed by atoms with Crippen LogP contribution in [0.3, 0.4) is 0 Å². The molecule has 140 valence electrons. The zero-order valence-electron chi connectivity index (χ0n) is 15.2. The average molecular weight is 377 g/mol. The van der Waals surface area contributed by atoms with Crippen LogP contribution < -0.4 is 9.46 Å². The van der Waals surface area contributed by atoms with Gasteiger partial charge < -0.3 is 9.47 Å². The monoisotopic (exact) mass is 377 g/mol. The number of ether oxygens (including phenoxy) is 2. The molecule has 0 bridgehead atoms. The molecule has 2 atom stereocenters. The summed E-state index contributed by atoms with van der Waals surface area (Å²) in [4.78, 5) is 12.2. The third-order valence-electron chi connectivity index (χ3n) is 4.16. The van der Waals surface area contributed by atoms with E-state index in [1.54, 1.807) is 50.4 Å². The minimum Gasteiger partial charge on any atom is -0.497 e. The highest BCUT2D eigenvalue weighted by atomic mass is 32.2. The van der Waals surface area contributed by atoms with Gasteiger partial charge in [-0.3, -0.25) is 4.79 Å². The van der Waals surface area contributed by atoms with Crippen LogP contribution in [0.2, 0.25) is 0 Å². The molecule has 26 heavy (non-hydrogen) atoms. The lowest BCUT2D eigenvalue weighted by molar-refractivity contribution is -0.145. The molecule has 0 aromatic heterocycles. The van der Waals surface area contributed by atoms with E-state index in [2.05, 4.69) is 4.72 Å². The fourth-order valence-corrected chi connectivity index (χ4v) is 3.85.